The minimum atomic E-state index is -0.162. The van der Waals surface area contributed by atoms with E-state index >= 15 is 0 Å². The van der Waals surface area contributed by atoms with Crippen LogP contribution in [-0.2, 0) is 4.79 Å². The number of nitrogens with zero attached hydrogens (tertiary/aromatic N) is 5. The molecule has 0 atom stereocenters. The third-order valence-corrected chi connectivity index (χ3v) is 7.45. The van der Waals surface area contributed by atoms with Crippen molar-refractivity contribution in [1.82, 2.24) is 19.2 Å². The van der Waals surface area contributed by atoms with Gasteiger partial charge in [0.05, 0.1) is 10.5 Å². The minimum Gasteiger partial charge on any atom is -0.353 e. The molecule has 0 saturated carbocycles. The molecule has 2 saturated heterocycles. The summed E-state index contributed by atoms with van der Waals surface area (Å²) in [5, 5.41) is 0. The van der Waals surface area contributed by atoms with Crippen molar-refractivity contribution in [3.63, 3.8) is 0 Å². The molecule has 1 amide bonds. The van der Waals surface area contributed by atoms with Crippen LogP contribution in [0.15, 0.2) is 28.0 Å². The molecule has 7 nitrogen and oxygen atoms in total. The van der Waals surface area contributed by atoms with Crippen LogP contribution in [0.2, 0.25) is 0 Å². The van der Waals surface area contributed by atoms with E-state index in [4.69, 9.17) is 17.2 Å². The normalized spacial score (nSPS) is 19.0. The Balaban J connectivity index is 1.80. The second kappa shape index (κ2) is 9.72. The highest BCUT2D eigenvalue weighted by Gasteiger charge is 2.32. The van der Waals surface area contributed by atoms with E-state index in [-0.39, 0.29) is 11.5 Å². The lowest BCUT2D eigenvalue weighted by Crippen LogP contribution is -2.47. The molecule has 0 radical (unpaired) electrons. The van der Waals surface area contributed by atoms with Crippen LogP contribution in [-0.4, -0.2) is 68.7 Å². The van der Waals surface area contributed by atoms with Gasteiger partial charge in [0.2, 0.25) is 0 Å². The van der Waals surface area contributed by atoms with Crippen molar-refractivity contribution in [3.05, 3.63) is 44.7 Å². The molecular formula is C23H29N5O2S2. The first-order chi connectivity index (χ1) is 15.4. The number of anilines is 1. The van der Waals surface area contributed by atoms with Crippen molar-refractivity contribution < 1.29 is 4.79 Å². The largest absolute Gasteiger partial charge is 0.353 e. The van der Waals surface area contributed by atoms with Crippen LogP contribution in [0.4, 0.5) is 5.82 Å². The van der Waals surface area contributed by atoms with Gasteiger partial charge < -0.3 is 9.80 Å². The van der Waals surface area contributed by atoms with E-state index in [1.807, 2.05) is 19.1 Å². The van der Waals surface area contributed by atoms with E-state index in [1.54, 1.807) is 21.6 Å². The van der Waals surface area contributed by atoms with Gasteiger partial charge in [-0.1, -0.05) is 50.3 Å². The number of carbonyl (C=O) groups excluding carboxylic acids is 1. The number of hydrogen-bond donors (Lipinski definition) is 0. The van der Waals surface area contributed by atoms with Gasteiger partial charge in [-0.05, 0) is 37.6 Å². The number of rotatable bonds is 6. The van der Waals surface area contributed by atoms with Crippen LogP contribution in [0.1, 0.15) is 37.8 Å². The van der Waals surface area contributed by atoms with Crippen LogP contribution < -0.4 is 10.5 Å². The Morgan fingerprint density at radius 1 is 1.19 bits per heavy atom. The molecule has 2 aromatic heterocycles. The number of aromatic nitrogens is 2. The van der Waals surface area contributed by atoms with Gasteiger partial charge in [0.15, 0.2) is 0 Å². The number of carbonyl (C=O) groups is 1. The third-order valence-electron chi connectivity index (χ3n) is 6.07. The van der Waals surface area contributed by atoms with Crippen molar-refractivity contribution in [3.8, 4) is 0 Å². The van der Waals surface area contributed by atoms with Gasteiger partial charge in [0.25, 0.3) is 11.5 Å². The molecule has 2 aliphatic heterocycles. The number of piperazine rings is 1. The van der Waals surface area contributed by atoms with Crippen molar-refractivity contribution in [1.29, 1.82) is 0 Å². The van der Waals surface area contributed by atoms with Crippen LogP contribution in [0, 0.1) is 6.92 Å². The third kappa shape index (κ3) is 4.33. The van der Waals surface area contributed by atoms with Gasteiger partial charge in [0, 0.05) is 38.9 Å². The van der Waals surface area contributed by atoms with E-state index in [9.17, 15) is 9.59 Å². The summed E-state index contributed by atoms with van der Waals surface area (Å²) in [7, 11) is 0. The maximum absolute atomic E-state index is 13.6. The summed E-state index contributed by atoms with van der Waals surface area (Å²) in [6, 6.07) is 3.80. The number of likely N-dealkylation sites (N-methyl/N-ethyl adjacent to an activating group) is 1. The van der Waals surface area contributed by atoms with Gasteiger partial charge >= 0.3 is 0 Å². The van der Waals surface area contributed by atoms with E-state index in [2.05, 4.69) is 23.6 Å². The van der Waals surface area contributed by atoms with Crippen molar-refractivity contribution in [2.75, 3.05) is 44.2 Å². The topological polar surface area (TPSA) is 61.2 Å². The second-order valence-corrected chi connectivity index (χ2v) is 9.82. The standard InChI is InChI=1S/C23H29N5O2S2/c1-4-6-9-28-22(30)18(32-23(28)31)15-17-20(26-13-11-25(5-2)12-14-26)24-19-16(3)8-7-10-27(19)21(17)29/h7-8,10,15H,4-6,9,11-14H2,1-3H3/b18-15+. The summed E-state index contributed by atoms with van der Waals surface area (Å²) in [4.78, 5) is 38.2. The number of thioether (sulfide) groups is 1. The molecular weight excluding hydrogens is 442 g/mol. The minimum absolute atomic E-state index is 0.121. The van der Waals surface area contributed by atoms with Crippen molar-refractivity contribution in [2.24, 2.45) is 0 Å². The van der Waals surface area contributed by atoms with Gasteiger partial charge in [-0.15, -0.1) is 0 Å². The highest BCUT2D eigenvalue weighted by molar-refractivity contribution is 8.26. The smallest absolute Gasteiger partial charge is 0.267 e. The molecule has 4 heterocycles. The molecule has 2 aromatic rings. The molecule has 9 heteroatoms. The summed E-state index contributed by atoms with van der Waals surface area (Å²) in [5.74, 6) is 0.530. The molecule has 0 aromatic carbocycles. The van der Waals surface area contributed by atoms with Crippen LogP contribution in [0.5, 0.6) is 0 Å². The Morgan fingerprint density at radius 3 is 2.62 bits per heavy atom. The molecule has 0 spiro atoms. The summed E-state index contributed by atoms with van der Waals surface area (Å²) < 4.78 is 2.13. The number of hydrogen-bond acceptors (Lipinski definition) is 7. The number of fused-ring (bicyclic) bond motifs is 1. The molecule has 0 bridgehead atoms. The van der Waals surface area contributed by atoms with Gasteiger partial charge in [-0.3, -0.25) is 18.9 Å². The van der Waals surface area contributed by atoms with E-state index < -0.39 is 0 Å². The average Bonchev–Trinajstić information content (AvgIpc) is 3.07. The fourth-order valence-corrected chi connectivity index (χ4v) is 5.37. The Kier molecular flexibility index (Phi) is 6.97. The first-order valence-electron chi connectivity index (χ1n) is 11.2. The Labute approximate surface area is 198 Å². The van der Waals surface area contributed by atoms with Gasteiger partial charge in [-0.25, -0.2) is 4.98 Å². The highest BCUT2D eigenvalue weighted by Crippen LogP contribution is 2.34. The Hall–Kier alpha value is -2.23. The number of aryl methyl sites for hydroxylation is 1. The average molecular weight is 472 g/mol. The summed E-state index contributed by atoms with van der Waals surface area (Å²) in [5.41, 5.74) is 1.88. The lowest BCUT2D eigenvalue weighted by molar-refractivity contribution is -0.122. The lowest BCUT2D eigenvalue weighted by atomic mass is 10.2. The fraction of sp³-hybridized carbons (Fsp3) is 0.478. The van der Waals surface area contributed by atoms with E-state index in [1.165, 1.54) is 11.8 Å². The number of pyridine rings is 1. The van der Waals surface area contributed by atoms with Gasteiger partial charge in [-0.2, -0.15) is 0 Å². The van der Waals surface area contributed by atoms with E-state index in [0.29, 0.717) is 32.8 Å². The molecule has 4 rings (SSSR count). The molecule has 0 unspecified atom stereocenters. The monoisotopic (exact) mass is 471 g/mol. The van der Waals surface area contributed by atoms with Crippen LogP contribution >= 0.6 is 24.0 Å². The Bertz CT molecular complexity index is 1140. The SMILES string of the molecule is CCCCN1C(=O)/C(=C\c2c(N3CCN(CC)CC3)nc3c(C)cccn3c2=O)SC1=S. The maximum atomic E-state index is 13.6. The quantitative estimate of drug-likeness (QED) is 0.474. The van der Waals surface area contributed by atoms with Crippen molar-refractivity contribution in [2.45, 2.75) is 33.6 Å². The zero-order valence-corrected chi connectivity index (χ0v) is 20.5. The molecule has 2 aliphatic rings. The first kappa shape index (κ1) is 22.9. The van der Waals surface area contributed by atoms with Gasteiger partial charge in [0.1, 0.15) is 15.8 Å². The van der Waals surface area contributed by atoms with Crippen LogP contribution in [0.3, 0.4) is 0 Å². The van der Waals surface area contributed by atoms with E-state index in [0.717, 1.165) is 51.1 Å². The zero-order valence-electron chi connectivity index (χ0n) is 18.8. The molecule has 2 fully saturated rings. The van der Waals surface area contributed by atoms with Crippen molar-refractivity contribution >= 4 is 51.7 Å². The highest BCUT2D eigenvalue weighted by atomic mass is 32.2. The zero-order chi connectivity index (χ0) is 22.8. The Morgan fingerprint density at radius 2 is 1.94 bits per heavy atom. The molecule has 170 valence electrons. The fourth-order valence-electron chi connectivity index (χ4n) is 4.08. The summed E-state index contributed by atoms with van der Waals surface area (Å²) in [6.45, 7) is 11.2. The maximum Gasteiger partial charge on any atom is 0.267 e. The van der Waals surface area contributed by atoms with Crippen LogP contribution in [0.25, 0.3) is 11.7 Å². The lowest BCUT2D eigenvalue weighted by Gasteiger charge is -2.35. The summed E-state index contributed by atoms with van der Waals surface area (Å²) >= 11 is 6.72. The number of unbranched alkanes of at least 4 members (excludes halogenated alkanes) is 1. The predicted octanol–water partition coefficient (Wildman–Crippen LogP) is 3.15. The first-order valence-corrected chi connectivity index (χ1v) is 12.4. The molecule has 0 N–H and O–H groups in total. The molecule has 32 heavy (non-hydrogen) atoms. The predicted molar refractivity (Wildman–Crippen MR) is 135 cm³/mol. The summed E-state index contributed by atoms with van der Waals surface area (Å²) in [6.07, 6.45) is 5.32. The molecule has 0 aliphatic carbocycles. The second-order valence-electron chi connectivity index (χ2n) is 8.15. The number of amides is 1. The number of thiocarbonyl (C=S) groups is 1.